The van der Waals surface area contributed by atoms with E-state index in [9.17, 15) is 0 Å². The molecule has 0 aliphatic carbocycles. The molecule has 1 unspecified atom stereocenters. The molecule has 0 saturated heterocycles. The molecule has 0 aromatic carbocycles. The molecule has 0 aromatic rings. The van der Waals surface area contributed by atoms with Gasteiger partial charge in [0.15, 0.2) is 0 Å². The van der Waals surface area contributed by atoms with Crippen molar-refractivity contribution >= 4 is 12.1 Å². The summed E-state index contributed by atoms with van der Waals surface area (Å²) in [5.41, 5.74) is 0. The van der Waals surface area contributed by atoms with Crippen LogP contribution < -0.4 is 5.32 Å². The molecule has 0 bridgehead atoms. The topological polar surface area (TPSA) is 36.8 Å². The predicted octanol–water partition coefficient (Wildman–Crippen LogP) is 1.27. The summed E-state index contributed by atoms with van der Waals surface area (Å²) in [4.78, 5) is 8.22. The number of allylic oxidation sites excluding steroid dienone is 1. The molecule has 0 amide bonds. The number of rotatable bonds is 4. The van der Waals surface area contributed by atoms with Gasteiger partial charge >= 0.3 is 0 Å². The third-order valence-corrected chi connectivity index (χ3v) is 1.61. The molecule has 12 heavy (non-hydrogen) atoms. The molecule has 1 atom stereocenters. The van der Waals surface area contributed by atoms with Crippen molar-refractivity contribution in [2.45, 2.75) is 19.4 Å². The maximum atomic E-state index is 4.15. The van der Waals surface area contributed by atoms with Gasteiger partial charge in [0, 0.05) is 13.3 Å². The lowest BCUT2D eigenvalue weighted by Crippen LogP contribution is -2.32. The van der Waals surface area contributed by atoms with Crippen molar-refractivity contribution in [2.75, 3.05) is 14.1 Å². The number of likely N-dealkylation sites (N-methyl/N-ethyl adjacent to an activating group) is 1. The zero-order chi connectivity index (χ0) is 9.40. The van der Waals surface area contributed by atoms with Crippen molar-refractivity contribution in [1.82, 2.24) is 5.32 Å². The van der Waals surface area contributed by atoms with Crippen LogP contribution in [0.4, 0.5) is 0 Å². The van der Waals surface area contributed by atoms with Gasteiger partial charge in [-0.25, -0.2) is 4.99 Å². The molecule has 0 fully saturated rings. The van der Waals surface area contributed by atoms with E-state index >= 15 is 0 Å². The molecule has 0 rings (SSSR count). The zero-order valence-corrected chi connectivity index (χ0v) is 8.04. The number of aliphatic imine (C=N–C) groups is 2. The largest absolute Gasteiger partial charge is 0.310 e. The maximum Gasteiger partial charge on any atom is 0.140 e. The van der Waals surface area contributed by atoms with E-state index in [1.54, 1.807) is 19.3 Å². The second-order valence-corrected chi connectivity index (χ2v) is 2.35. The first kappa shape index (κ1) is 11.0. The standard InChI is InChI=1S/C9H17N3/c1-5-7-12-9(11-4)8(6-2)10-3/h5,7-8,10H,1,6H2,2-4H3. The smallest absolute Gasteiger partial charge is 0.140 e. The minimum absolute atomic E-state index is 0.242. The van der Waals surface area contributed by atoms with E-state index in [1.807, 2.05) is 7.05 Å². The fourth-order valence-corrected chi connectivity index (χ4v) is 0.948. The molecule has 3 heteroatoms. The molecule has 1 N–H and O–H groups in total. The van der Waals surface area contributed by atoms with Gasteiger partial charge in [-0.1, -0.05) is 19.6 Å². The van der Waals surface area contributed by atoms with Crippen LogP contribution in [0.2, 0.25) is 0 Å². The Bertz CT molecular complexity index is 178. The number of hydrogen-bond acceptors (Lipinski definition) is 2. The van der Waals surface area contributed by atoms with Crippen LogP contribution in [-0.4, -0.2) is 32.2 Å². The third kappa shape index (κ3) is 3.44. The Balaban J connectivity index is 4.32. The van der Waals surface area contributed by atoms with Crippen molar-refractivity contribution < 1.29 is 0 Å². The van der Waals surface area contributed by atoms with Gasteiger partial charge in [0.05, 0.1) is 6.04 Å². The van der Waals surface area contributed by atoms with E-state index in [0.717, 1.165) is 12.3 Å². The first-order valence-corrected chi connectivity index (χ1v) is 4.09. The summed E-state index contributed by atoms with van der Waals surface area (Å²) in [6.07, 6.45) is 4.29. The van der Waals surface area contributed by atoms with Gasteiger partial charge in [0.1, 0.15) is 5.84 Å². The Kier molecular flexibility index (Phi) is 6.19. The second-order valence-electron chi connectivity index (χ2n) is 2.35. The summed E-state index contributed by atoms with van der Waals surface area (Å²) < 4.78 is 0. The number of nitrogens with zero attached hydrogens (tertiary/aromatic N) is 2. The summed E-state index contributed by atoms with van der Waals surface area (Å²) in [5, 5.41) is 3.13. The molecule has 0 saturated carbocycles. The second kappa shape index (κ2) is 6.73. The Morgan fingerprint density at radius 2 is 2.33 bits per heavy atom. The van der Waals surface area contributed by atoms with E-state index in [4.69, 9.17) is 0 Å². The van der Waals surface area contributed by atoms with E-state index in [2.05, 4.69) is 28.8 Å². The van der Waals surface area contributed by atoms with Crippen molar-refractivity contribution in [3.8, 4) is 0 Å². The molecule has 0 aliphatic heterocycles. The average Bonchev–Trinajstić information content (AvgIpc) is 2.12. The number of nitrogens with one attached hydrogen (secondary N) is 1. The van der Waals surface area contributed by atoms with Crippen LogP contribution in [0.3, 0.4) is 0 Å². The van der Waals surface area contributed by atoms with E-state index in [-0.39, 0.29) is 6.04 Å². The van der Waals surface area contributed by atoms with Gasteiger partial charge < -0.3 is 5.32 Å². The molecule has 0 heterocycles. The van der Waals surface area contributed by atoms with Crippen LogP contribution in [0.1, 0.15) is 13.3 Å². The van der Waals surface area contributed by atoms with Crippen molar-refractivity contribution in [2.24, 2.45) is 9.98 Å². The van der Waals surface area contributed by atoms with Gasteiger partial charge in [-0.15, -0.1) is 0 Å². The molecular formula is C9H17N3. The molecule has 0 aromatic heterocycles. The lowest BCUT2D eigenvalue weighted by molar-refractivity contribution is 0.673. The average molecular weight is 167 g/mol. The molecule has 0 radical (unpaired) electrons. The SMILES string of the molecule is C=CC=NC(=NC)C(CC)NC. The summed E-state index contributed by atoms with van der Waals surface area (Å²) >= 11 is 0. The molecule has 3 nitrogen and oxygen atoms in total. The maximum absolute atomic E-state index is 4.15. The highest BCUT2D eigenvalue weighted by Crippen LogP contribution is 1.95. The number of amidine groups is 1. The van der Waals surface area contributed by atoms with E-state index in [1.165, 1.54) is 0 Å². The Labute approximate surface area is 74.3 Å². The van der Waals surface area contributed by atoms with Crippen LogP contribution in [0, 0.1) is 0 Å². The monoisotopic (exact) mass is 167 g/mol. The van der Waals surface area contributed by atoms with E-state index < -0.39 is 0 Å². The summed E-state index contributed by atoms with van der Waals surface area (Å²) in [6.45, 7) is 5.65. The molecule has 68 valence electrons. The van der Waals surface area contributed by atoms with Crippen LogP contribution in [0.5, 0.6) is 0 Å². The highest BCUT2D eigenvalue weighted by molar-refractivity contribution is 5.95. The quantitative estimate of drug-likeness (QED) is 0.497. The first-order valence-electron chi connectivity index (χ1n) is 4.09. The lowest BCUT2D eigenvalue weighted by atomic mass is 10.2. The molecule has 0 spiro atoms. The number of hydrogen-bond donors (Lipinski definition) is 1. The van der Waals surface area contributed by atoms with Crippen LogP contribution in [0.15, 0.2) is 22.6 Å². The minimum atomic E-state index is 0.242. The Morgan fingerprint density at radius 3 is 2.67 bits per heavy atom. The Hall–Kier alpha value is -0.960. The van der Waals surface area contributed by atoms with Gasteiger partial charge in [-0.3, -0.25) is 4.99 Å². The predicted molar refractivity (Wildman–Crippen MR) is 55.2 cm³/mol. The van der Waals surface area contributed by atoms with Crippen molar-refractivity contribution in [1.29, 1.82) is 0 Å². The lowest BCUT2D eigenvalue weighted by Gasteiger charge is -2.11. The van der Waals surface area contributed by atoms with Crippen molar-refractivity contribution in [3.63, 3.8) is 0 Å². The highest BCUT2D eigenvalue weighted by atomic mass is 15.0. The fourth-order valence-electron chi connectivity index (χ4n) is 0.948. The van der Waals surface area contributed by atoms with Gasteiger partial charge in [-0.2, -0.15) is 0 Å². The summed E-state index contributed by atoms with van der Waals surface area (Å²) in [7, 11) is 3.65. The van der Waals surface area contributed by atoms with Crippen LogP contribution in [0.25, 0.3) is 0 Å². The molecule has 0 aliphatic rings. The van der Waals surface area contributed by atoms with E-state index in [0.29, 0.717) is 0 Å². The zero-order valence-electron chi connectivity index (χ0n) is 8.04. The minimum Gasteiger partial charge on any atom is -0.310 e. The Morgan fingerprint density at radius 1 is 1.67 bits per heavy atom. The highest BCUT2D eigenvalue weighted by Gasteiger charge is 2.07. The van der Waals surface area contributed by atoms with Gasteiger partial charge in [-0.05, 0) is 13.5 Å². The molecular weight excluding hydrogens is 150 g/mol. The van der Waals surface area contributed by atoms with Gasteiger partial charge in [0.2, 0.25) is 0 Å². The fraction of sp³-hybridized carbons (Fsp3) is 0.556. The summed E-state index contributed by atoms with van der Waals surface area (Å²) in [6, 6.07) is 0.242. The third-order valence-electron chi connectivity index (χ3n) is 1.61. The first-order chi connectivity index (χ1) is 5.79. The van der Waals surface area contributed by atoms with Crippen LogP contribution >= 0.6 is 0 Å². The summed E-state index contributed by atoms with van der Waals surface area (Å²) in [5.74, 6) is 0.819. The van der Waals surface area contributed by atoms with Crippen LogP contribution in [-0.2, 0) is 0 Å². The normalized spacial score (nSPS) is 15.1. The van der Waals surface area contributed by atoms with Gasteiger partial charge in [0.25, 0.3) is 0 Å². The van der Waals surface area contributed by atoms with Crippen molar-refractivity contribution in [3.05, 3.63) is 12.7 Å².